The first kappa shape index (κ1) is 20.1. The van der Waals surface area contributed by atoms with E-state index in [0.717, 1.165) is 28.1 Å². The number of nitrogens with zero attached hydrogens (tertiary/aromatic N) is 4. The number of aryl methyl sites for hydroxylation is 2. The lowest BCUT2D eigenvalue weighted by Gasteiger charge is -2.32. The van der Waals surface area contributed by atoms with Crippen LogP contribution in [0.1, 0.15) is 23.8 Å². The molecule has 30 heavy (non-hydrogen) atoms. The number of carbonyl (C=O) groups is 1. The van der Waals surface area contributed by atoms with Crippen molar-refractivity contribution < 1.29 is 14.3 Å². The van der Waals surface area contributed by atoms with Crippen molar-refractivity contribution in [3.8, 4) is 16.9 Å². The van der Waals surface area contributed by atoms with Crippen LogP contribution in [0.25, 0.3) is 11.1 Å². The molecule has 0 unspecified atom stereocenters. The molecule has 3 heterocycles. The minimum absolute atomic E-state index is 0.145. The molecule has 0 saturated carbocycles. The van der Waals surface area contributed by atoms with Gasteiger partial charge in [-0.05, 0) is 30.2 Å². The topological polar surface area (TPSA) is 69.5 Å². The van der Waals surface area contributed by atoms with Crippen molar-refractivity contribution in [3.63, 3.8) is 0 Å². The van der Waals surface area contributed by atoms with Crippen molar-refractivity contribution in [1.29, 1.82) is 0 Å². The number of rotatable bonds is 6. The fourth-order valence-electron chi connectivity index (χ4n) is 3.59. The van der Waals surface area contributed by atoms with Crippen LogP contribution < -0.4 is 4.74 Å². The van der Waals surface area contributed by atoms with Gasteiger partial charge in [-0.1, -0.05) is 18.2 Å². The predicted octanol–water partition coefficient (Wildman–Crippen LogP) is 3.02. The van der Waals surface area contributed by atoms with Crippen LogP contribution in [0.15, 0.2) is 55.0 Å². The summed E-state index contributed by atoms with van der Waals surface area (Å²) in [7, 11) is 3.54. The maximum absolute atomic E-state index is 12.7. The highest BCUT2D eigenvalue weighted by Crippen LogP contribution is 2.24. The average Bonchev–Trinajstić information content (AvgIpc) is 3.24. The van der Waals surface area contributed by atoms with Crippen molar-refractivity contribution in [2.24, 2.45) is 7.05 Å². The van der Waals surface area contributed by atoms with Gasteiger partial charge in [0.2, 0.25) is 5.91 Å². The van der Waals surface area contributed by atoms with Gasteiger partial charge in [0.15, 0.2) is 0 Å². The molecule has 1 fully saturated rings. The first-order chi connectivity index (χ1) is 14.6. The molecule has 0 bridgehead atoms. The van der Waals surface area contributed by atoms with E-state index in [2.05, 4.69) is 10.1 Å². The van der Waals surface area contributed by atoms with E-state index in [1.807, 2.05) is 66.9 Å². The van der Waals surface area contributed by atoms with Crippen molar-refractivity contribution in [1.82, 2.24) is 19.7 Å². The Morgan fingerprint density at radius 2 is 2.00 bits per heavy atom. The minimum Gasteiger partial charge on any atom is -0.497 e. The number of amides is 1. The van der Waals surface area contributed by atoms with Crippen LogP contribution >= 0.6 is 0 Å². The van der Waals surface area contributed by atoms with E-state index in [1.165, 1.54) is 0 Å². The Hall–Kier alpha value is -3.19. The van der Waals surface area contributed by atoms with Gasteiger partial charge in [0.05, 0.1) is 32.2 Å². The van der Waals surface area contributed by atoms with E-state index in [9.17, 15) is 4.79 Å². The molecule has 1 aliphatic heterocycles. The fourth-order valence-corrected chi connectivity index (χ4v) is 3.59. The highest BCUT2D eigenvalue weighted by atomic mass is 16.5. The zero-order chi connectivity index (χ0) is 20.9. The second kappa shape index (κ2) is 9.09. The lowest BCUT2D eigenvalue weighted by Crippen LogP contribution is -2.42. The molecule has 2 aromatic heterocycles. The van der Waals surface area contributed by atoms with Gasteiger partial charge in [-0.2, -0.15) is 5.10 Å². The molecule has 1 aliphatic rings. The monoisotopic (exact) mass is 406 g/mol. The van der Waals surface area contributed by atoms with E-state index < -0.39 is 0 Å². The maximum Gasteiger partial charge on any atom is 0.223 e. The number of hydrogen-bond acceptors (Lipinski definition) is 5. The Bertz CT molecular complexity index is 982. The third kappa shape index (κ3) is 4.68. The van der Waals surface area contributed by atoms with Crippen LogP contribution in [0.5, 0.6) is 5.75 Å². The van der Waals surface area contributed by atoms with Crippen LogP contribution in [-0.2, 0) is 23.0 Å². The van der Waals surface area contributed by atoms with Crippen molar-refractivity contribution >= 4 is 5.91 Å². The third-order valence-corrected chi connectivity index (χ3v) is 5.36. The minimum atomic E-state index is -0.202. The summed E-state index contributed by atoms with van der Waals surface area (Å²) in [4.78, 5) is 19.2. The van der Waals surface area contributed by atoms with Gasteiger partial charge < -0.3 is 14.4 Å². The molecule has 1 atom stereocenters. The van der Waals surface area contributed by atoms with Gasteiger partial charge >= 0.3 is 0 Å². The molecule has 1 saturated heterocycles. The van der Waals surface area contributed by atoms with Gasteiger partial charge in [0, 0.05) is 43.5 Å². The highest BCUT2D eigenvalue weighted by Gasteiger charge is 2.26. The Balaban J connectivity index is 1.34. The summed E-state index contributed by atoms with van der Waals surface area (Å²) in [5.41, 5.74) is 4.00. The Morgan fingerprint density at radius 1 is 1.17 bits per heavy atom. The first-order valence-corrected chi connectivity index (χ1v) is 10.1. The molecular formula is C23H26N4O3. The molecule has 1 amide bonds. The molecule has 1 aromatic carbocycles. The van der Waals surface area contributed by atoms with E-state index >= 15 is 0 Å². The maximum atomic E-state index is 12.7. The summed E-state index contributed by atoms with van der Waals surface area (Å²) >= 11 is 0. The lowest BCUT2D eigenvalue weighted by molar-refractivity contribution is -0.139. The molecular weight excluding hydrogens is 380 g/mol. The van der Waals surface area contributed by atoms with E-state index in [1.54, 1.807) is 11.8 Å². The van der Waals surface area contributed by atoms with Gasteiger partial charge in [-0.15, -0.1) is 0 Å². The van der Waals surface area contributed by atoms with Gasteiger partial charge in [-0.25, -0.2) is 0 Å². The Morgan fingerprint density at radius 3 is 2.67 bits per heavy atom. The third-order valence-electron chi connectivity index (χ3n) is 5.36. The molecule has 7 heteroatoms. The summed E-state index contributed by atoms with van der Waals surface area (Å²) in [6.07, 6.45) is 6.59. The zero-order valence-corrected chi connectivity index (χ0v) is 17.3. The number of pyridine rings is 1. The number of ether oxygens (including phenoxy) is 2. The van der Waals surface area contributed by atoms with Crippen molar-refractivity contribution in [2.45, 2.75) is 18.9 Å². The van der Waals surface area contributed by atoms with Crippen LogP contribution in [-0.4, -0.2) is 52.4 Å². The number of morpholine rings is 1. The van der Waals surface area contributed by atoms with Crippen molar-refractivity contribution in [3.05, 3.63) is 66.2 Å². The molecule has 0 N–H and O–H groups in total. The standard InChI is InChI=1S/C23H26N4O3/c1-26-15-19(14-25-26)18-6-9-21(24-13-18)22-16-27(11-12-30-22)23(28)10-5-17-3-7-20(29-2)8-4-17/h3-4,6-9,13-15,22H,5,10-12,16H2,1-2H3/t22-/m1/s1. The molecule has 4 rings (SSSR count). The number of methoxy groups -OCH3 is 1. The van der Waals surface area contributed by atoms with Crippen molar-refractivity contribution in [2.75, 3.05) is 26.8 Å². The summed E-state index contributed by atoms with van der Waals surface area (Å²) in [5, 5.41) is 4.20. The number of benzene rings is 1. The zero-order valence-electron chi connectivity index (χ0n) is 17.3. The molecule has 7 nitrogen and oxygen atoms in total. The van der Waals surface area contributed by atoms with E-state index in [4.69, 9.17) is 9.47 Å². The second-order valence-electron chi connectivity index (χ2n) is 7.42. The van der Waals surface area contributed by atoms with Gasteiger partial charge in [-0.3, -0.25) is 14.5 Å². The highest BCUT2D eigenvalue weighted by molar-refractivity contribution is 5.76. The molecule has 0 aliphatic carbocycles. The number of hydrogen-bond donors (Lipinski definition) is 0. The number of aromatic nitrogens is 3. The Kier molecular flexibility index (Phi) is 6.09. The second-order valence-corrected chi connectivity index (χ2v) is 7.42. The summed E-state index contributed by atoms with van der Waals surface area (Å²) in [5.74, 6) is 0.967. The Labute approximate surface area is 176 Å². The van der Waals surface area contributed by atoms with Crippen LogP contribution in [0.3, 0.4) is 0 Å². The largest absolute Gasteiger partial charge is 0.497 e. The molecule has 3 aromatic rings. The first-order valence-electron chi connectivity index (χ1n) is 10.1. The molecule has 0 radical (unpaired) electrons. The average molecular weight is 406 g/mol. The number of carbonyl (C=O) groups excluding carboxylic acids is 1. The van der Waals surface area contributed by atoms with Crippen LogP contribution in [0.4, 0.5) is 0 Å². The molecule has 156 valence electrons. The van der Waals surface area contributed by atoms with E-state index in [-0.39, 0.29) is 12.0 Å². The van der Waals surface area contributed by atoms with Gasteiger partial charge in [0.1, 0.15) is 11.9 Å². The summed E-state index contributed by atoms with van der Waals surface area (Å²) < 4.78 is 12.8. The lowest BCUT2D eigenvalue weighted by atomic mass is 10.1. The SMILES string of the molecule is COc1ccc(CCC(=O)N2CCO[C@@H](c3ccc(-c4cnn(C)c4)cn3)C2)cc1. The van der Waals surface area contributed by atoms with Crippen LogP contribution in [0, 0.1) is 0 Å². The van der Waals surface area contributed by atoms with Gasteiger partial charge in [0.25, 0.3) is 0 Å². The predicted molar refractivity (Wildman–Crippen MR) is 113 cm³/mol. The smallest absolute Gasteiger partial charge is 0.223 e. The summed E-state index contributed by atoms with van der Waals surface area (Å²) in [6.45, 7) is 1.66. The van der Waals surface area contributed by atoms with E-state index in [0.29, 0.717) is 32.5 Å². The van der Waals surface area contributed by atoms with Crippen LogP contribution in [0.2, 0.25) is 0 Å². The quantitative estimate of drug-likeness (QED) is 0.629. The normalized spacial score (nSPS) is 16.5. The molecule has 0 spiro atoms. The fraction of sp³-hybridized carbons (Fsp3) is 0.348. The summed E-state index contributed by atoms with van der Waals surface area (Å²) in [6, 6.07) is 11.8.